The number of rotatable bonds is 7. The summed E-state index contributed by atoms with van der Waals surface area (Å²) in [4.78, 5) is 6.79. The molecule has 0 aliphatic carbocycles. The Morgan fingerprint density at radius 2 is 2.10 bits per heavy atom. The van der Waals surface area contributed by atoms with E-state index in [-0.39, 0.29) is 5.82 Å². The molecule has 0 saturated carbocycles. The summed E-state index contributed by atoms with van der Waals surface area (Å²) in [6.07, 6.45) is 2.87. The van der Waals surface area contributed by atoms with E-state index in [1.165, 1.54) is 0 Å². The molecule has 0 atom stereocenters. The van der Waals surface area contributed by atoms with Crippen molar-refractivity contribution in [2.75, 3.05) is 26.5 Å². The van der Waals surface area contributed by atoms with E-state index < -0.39 is 0 Å². The first-order valence-corrected chi connectivity index (χ1v) is 8.69. The average molecular weight is 424 g/mol. The minimum Gasteiger partial charge on any atom is -0.328 e. The lowest BCUT2D eigenvalue weighted by Crippen LogP contribution is -2.14. The summed E-state index contributed by atoms with van der Waals surface area (Å²) in [6, 6.07) is 3.40. The van der Waals surface area contributed by atoms with E-state index >= 15 is 0 Å². The summed E-state index contributed by atoms with van der Waals surface area (Å²) in [5.41, 5.74) is 1.73. The predicted octanol–water partition coefficient (Wildman–Crippen LogP) is 3.90. The monoisotopic (exact) mass is 423 g/mol. The van der Waals surface area contributed by atoms with E-state index in [0.717, 1.165) is 42.8 Å². The van der Waals surface area contributed by atoms with Gasteiger partial charge in [-0.1, -0.05) is 0 Å². The third-order valence-electron chi connectivity index (χ3n) is 3.42. The Labute approximate surface area is 143 Å². The van der Waals surface area contributed by atoms with Crippen LogP contribution in [0.4, 0.5) is 4.39 Å². The van der Waals surface area contributed by atoms with Crippen molar-refractivity contribution in [1.29, 1.82) is 0 Å². The van der Waals surface area contributed by atoms with Gasteiger partial charge in [0.15, 0.2) is 0 Å². The molecule has 0 bridgehead atoms. The second-order valence-corrected chi connectivity index (χ2v) is 6.92. The molecule has 3 nitrogen and oxygen atoms in total. The van der Waals surface area contributed by atoms with Gasteiger partial charge in [0.1, 0.15) is 11.6 Å². The molecule has 0 aliphatic rings. The molecule has 2 aromatic rings. The number of hydrogen-bond acceptors (Lipinski definition) is 2. The molecule has 116 valence electrons. The number of benzene rings is 1. The molecular weight excluding hydrogens is 404 g/mol. The maximum Gasteiger partial charge on any atom is 0.138 e. The topological polar surface area (TPSA) is 21.1 Å². The fourth-order valence-electron chi connectivity index (χ4n) is 2.39. The lowest BCUT2D eigenvalue weighted by atomic mass is 10.2. The smallest absolute Gasteiger partial charge is 0.138 e. The van der Waals surface area contributed by atoms with Crippen molar-refractivity contribution in [3.63, 3.8) is 0 Å². The van der Waals surface area contributed by atoms with Crippen molar-refractivity contribution < 1.29 is 4.39 Å². The van der Waals surface area contributed by atoms with Crippen LogP contribution in [0.5, 0.6) is 0 Å². The molecule has 2 rings (SSSR count). The zero-order chi connectivity index (χ0) is 15.4. The van der Waals surface area contributed by atoms with E-state index in [1.807, 2.05) is 22.6 Å². The summed E-state index contributed by atoms with van der Waals surface area (Å²) in [7, 11) is 4.14. The molecule has 0 unspecified atom stereocenters. The zero-order valence-corrected chi connectivity index (χ0v) is 15.3. The van der Waals surface area contributed by atoms with Gasteiger partial charge in [-0.3, -0.25) is 0 Å². The largest absolute Gasteiger partial charge is 0.328 e. The van der Waals surface area contributed by atoms with Crippen molar-refractivity contribution in [1.82, 2.24) is 14.5 Å². The highest BCUT2D eigenvalue weighted by Gasteiger charge is 2.13. The highest BCUT2D eigenvalue weighted by molar-refractivity contribution is 14.1. The minimum atomic E-state index is -0.185. The normalized spacial score (nSPS) is 11.7. The van der Waals surface area contributed by atoms with Gasteiger partial charge in [-0.2, -0.15) is 0 Å². The number of aromatic nitrogens is 2. The van der Waals surface area contributed by atoms with Crippen LogP contribution in [0.2, 0.25) is 0 Å². The van der Waals surface area contributed by atoms with Crippen LogP contribution in [0.15, 0.2) is 12.1 Å². The van der Waals surface area contributed by atoms with Crippen LogP contribution in [-0.2, 0) is 13.0 Å². The van der Waals surface area contributed by atoms with Crippen LogP contribution >= 0.6 is 34.2 Å². The number of unbranched alkanes of at least 4 members (excludes halogenated alkanes) is 1. The molecule has 0 radical (unpaired) electrons. The Kier molecular flexibility index (Phi) is 6.25. The average Bonchev–Trinajstić information content (AvgIpc) is 2.73. The van der Waals surface area contributed by atoms with Crippen LogP contribution in [0.1, 0.15) is 18.7 Å². The number of halogens is 3. The Hall–Kier alpha value is -0.400. The fourth-order valence-corrected chi connectivity index (χ4v) is 3.01. The minimum absolute atomic E-state index is 0.185. The van der Waals surface area contributed by atoms with Crippen LogP contribution in [0.3, 0.4) is 0 Å². The summed E-state index contributed by atoms with van der Waals surface area (Å²) in [6.45, 7) is 1.92. The molecule has 1 heterocycles. The Balaban J connectivity index is 2.25. The first-order chi connectivity index (χ1) is 10.0. The number of hydrogen-bond donors (Lipinski definition) is 0. The third kappa shape index (κ3) is 4.29. The van der Waals surface area contributed by atoms with Crippen LogP contribution in [0, 0.1) is 9.39 Å². The second-order valence-electron chi connectivity index (χ2n) is 5.38. The van der Waals surface area contributed by atoms with Crippen molar-refractivity contribution in [3.8, 4) is 0 Å². The predicted molar refractivity (Wildman–Crippen MR) is 94.6 cm³/mol. The number of fused-ring (bicyclic) bond motifs is 1. The highest BCUT2D eigenvalue weighted by Crippen LogP contribution is 2.23. The molecule has 0 fully saturated rings. The Morgan fingerprint density at radius 1 is 1.33 bits per heavy atom. The maximum atomic E-state index is 13.8. The van der Waals surface area contributed by atoms with Crippen LogP contribution in [0.25, 0.3) is 11.0 Å². The van der Waals surface area contributed by atoms with Gasteiger partial charge >= 0.3 is 0 Å². The van der Waals surface area contributed by atoms with Crippen molar-refractivity contribution in [3.05, 3.63) is 27.3 Å². The van der Waals surface area contributed by atoms with Gasteiger partial charge in [-0.05, 0) is 62.1 Å². The van der Waals surface area contributed by atoms with Gasteiger partial charge < -0.3 is 9.47 Å². The van der Waals surface area contributed by atoms with Crippen LogP contribution < -0.4 is 0 Å². The van der Waals surface area contributed by atoms with Gasteiger partial charge in [0.05, 0.1) is 14.6 Å². The molecule has 1 aromatic heterocycles. The molecule has 6 heteroatoms. The molecule has 0 saturated heterocycles. The van der Waals surface area contributed by atoms with E-state index in [4.69, 9.17) is 11.6 Å². The van der Waals surface area contributed by atoms with Crippen molar-refractivity contribution >= 4 is 45.2 Å². The molecular formula is C15H20ClFIN3. The quantitative estimate of drug-likeness (QED) is 0.383. The van der Waals surface area contributed by atoms with E-state index in [0.29, 0.717) is 15.9 Å². The third-order valence-corrected chi connectivity index (χ3v) is 4.44. The van der Waals surface area contributed by atoms with Gasteiger partial charge in [0.2, 0.25) is 0 Å². The van der Waals surface area contributed by atoms with Gasteiger partial charge in [0, 0.05) is 24.9 Å². The number of nitrogens with zero attached hydrogens (tertiary/aromatic N) is 3. The standard InChI is InChI=1S/C15H20ClFIN3/c1-20(2)7-3-4-8-21-14-9-11(17)12(18)10-13(14)19-15(21)5-6-16/h9-10H,3-8H2,1-2H3. The lowest BCUT2D eigenvalue weighted by molar-refractivity contribution is 0.387. The van der Waals surface area contributed by atoms with E-state index in [1.54, 1.807) is 12.1 Å². The maximum absolute atomic E-state index is 13.8. The Morgan fingerprint density at radius 3 is 2.76 bits per heavy atom. The first-order valence-electron chi connectivity index (χ1n) is 7.07. The Bertz CT molecular complexity index is 612. The van der Waals surface area contributed by atoms with Crippen molar-refractivity contribution in [2.24, 2.45) is 0 Å². The second kappa shape index (κ2) is 7.74. The molecule has 0 amide bonds. The van der Waals surface area contributed by atoms with Gasteiger partial charge in [-0.25, -0.2) is 9.37 Å². The summed E-state index contributed by atoms with van der Waals surface area (Å²) >= 11 is 7.87. The molecule has 0 spiro atoms. The SMILES string of the molecule is CN(C)CCCCn1c(CCCl)nc2cc(I)c(F)cc21. The highest BCUT2D eigenvalue weighted by atomic mass is 127. The molecule has 21 heavy (non-hydrogen) atoms. The number of aryl methyl sites for hydroxylation is 2. The summed E-state index contributed by atoms with van der Waals surface area (Å²) in [5, 5.41) is 0. The molecule has 1 aromatic carbocycles. The van der Waals surface area contributed by atoms with Crippen LogP contribution in [-0.4, -0.2) is 41.0 Å². The van der Waals surface area contributed by atoms with E-state index in [9.17, 15) is 4.39 Å². The zero-order valence-electron chi connectivity index (χ0n) is 12.4. The lowest BCUT2D eigenvalue weighted by Gasteiger charge is -2.11. The van der Waals surface area contributed by atoms with Crippen molar-refractivity contribution in [2.45, 2.75) is 25.8 Å². The first kappa shape index (κ1) is 17.0. The summed E-state index contributed by atoms with van der Waals surface area (Å²) < 4.78 is 16.6. The fraction of sp³-hybridized carbons (Fsp3) is 0.533. The number of alkyl halides is 1. The van der Waals surface area contributed by atoms with E-state index in [2.05, 4.69) is 28.5 Å². The number of imidazole rings is 1. The van der Waals surface area contributed by atoms with Gasteiger partial charge in [-0.15, -0.1) is 11.6 Å². The summed E-state index contributed by atoms with van der Waals surface area (Å²) in [5.74, 6) is 1.29. The molecule has 0 N–H and O–H groups in total. The molecule has 0 aliphatic heterocycles. The van der Waals surface area contributed by atoms with Gasteiger partial charge in [0.25, 0.3) is 0 Å².